The van der Waals surface area contributed by atoms with E-state index in [1.807, 2.05) is 18.2 Å². The third-order valence-electron chi connectivity index (χ3n) is 8.21. The van der Waals surface area contributed by atoms with Crippen molar-refractivity contribution in [2.75, 3.05) is 48.8 Å². The van der Waals surface area contributed by atoms with Crippen LogP contribution >= 0.6 is 0 Å². The minimum absolute atomic E-state index is 0.166. The molecule has 2 aromatic carbocycles. The molecule has 44 heavy (non-hydrogen) atoms. The van der Waals surface area contributed by atoms with Crippen molar-refractivity contribution in [2.24, 2.45) is 0 Å². The summed E-state index contributed by atoms with van der Waals surface area (Å²) in [7, 11) is -2.23. The average Bonchev–Trinajstić information content (AvgIpc) is 3.70. The van der Waals surface area contributed by atoms with Gasteiger partial charge in [0.2, 0.25) is 10.0 Å². The molecule has 0 spiro atoms. The first-order chi connectivity index (χ1) is 20.9. The van der Waals surface area contributed by atoms with E-state index in [0.29, 0.717) is 40.9 Å². The molecule has 4 heterocycles. The second-order valence-corrected chi connectivity index (χ2v) is 13.4. The third-order valence-corrected chi connectivity index (χ3v) is 10.2. The Bertz CT molecular complexity index is 1780. The number of nitrogens with one attached hydrogen (secondary N) is 3. The van der Waals surface area contributed by atoms with E-state index in [0.717, 1.165) is 48.3 Å². The van der Waals surface area contributed by atoms with Crippen LogP contribution in [0, 0.1) is 11.6 Å². The lowest BCUT2D eigenvalue weighted by atomic mass is 10.0. The van der Waals surface area contributed by atoms with Gasteiger partial charge in [-0.1, -0.05) is 0 Å². The Hall–Kier alpha value is -4.27. The lowest BCUT2D eigenvalue weighted by Crippen LogP contribution is -2.44. The number of halogens is 2. The van der Waals surface area contributed by atoms with E-state index in [4.69, 9.17) is 4.42 Å². The van der Waals surface area contributed by atoms with E-state index in [2.05, 4.69) is 37.7 Å². The van der Waals surface area contributed by atoms with E-state index >= 15 is 0 Å². The van der Waals surface area contributed by atoms with Crippen molar-refractivity contribution in [3.8, 4) is 0 Å². The number of aromatic nitrogens is 2. The number of anilines is 3. The zero-order valence-corrected chi connectivity index (χ0v) is 25.3. The van der Waals surface area contributed by atoms with Gasteiger partial charge < -0.3 is 24.9 Å². The number of hydrogen-bond donors (Lipinski definition) is 3. The van der Waals surface area contributed by atoms with Crippen molar-refractivity contribution in [2.45, 2.75) is 37.4 Å². The maximum Gasteiger partial charge on any atom is 0.258 e. The zero-order chi connectivity index (χ0) is 31.2. The second kappa shape index (κ2) is 11.3. The monoisotopic (exact) mass is 625 g/mol. The maximum atomic E-state index is 13.9. The summed E-state index contributed by atoms with van der Waals surface area (Å²) in [6.45, 7) is 7.08. The molecule has 14 heteroatoms. The molecule has 1 fully saturated rings. The largest absolute Gasteiger partial charge is 0.467 e. The van der Waals surface area contributed by atoms with Crippen LogP contribution in [0.2, 0.25) is 0 Å². The number of benzene rings is 2. The number of aromatic amines is 1. The Kier molecular flexibility index (Phi) is 7.68. The Labute approximate surface area is 253 Å². The number of H-pyrrole nitrogens is 1. The first-order valence-electron chi connectivity index (χ1n) is 14.2. The highest BCUT2D eigenvalue weighted by atomic mass is 32.2. The van der Waals surface area contributed by atoms with Crippen LogP contribution in [0.3, 0.4) is 0 Å². The van der Waals surface area contributed by atoms with Crippen molar-refractivity contribution in [3.05, 3.63) is 89.0 Å². The molecular weight excluding hydrogens is 592 g/mol. The highest BCUT2D eigenvalue weighted by molar-refractivity contribution is 7.89. The molecule has 2 aromatic heterocycles. The molecule has 0 radical (unpaired) electrons. The van der Waals surface area contributed by atoms with Crippen LogP contribution in [0.15, 0.2) is 64.1 Å². The van der Waals surface area contributed by atoms with Gasteiger partial charge in [0.1, 0.15) is 17.4 Å². The van der Waals surface area contributed by atoms with Crippen LogP contribution in [0.4, 0.5) is 26.0 Å². The van der Waals surface area contributed by atoms with E-state index in [9.17, 15) is 22.0 Å². The van der Waals surface area contributed by atoms with E-state index < -0.39 is 38.0 Å². The molecule has 2 aliphatic heterocycles. The predicted molar refractivity (Wildman–Crippen MR) is 161 cm³/mol. The number of furan rings is 1. The number of sulfonamides is 1. The Morgan fingerprint density at radius 2 is 1.80 bits per heavy atom. The van der Waals surface area contributed by atoms with Gasteiger partial charge in [-0.3, -0.25) is 9.89 Å². The van der Waals surface area contributed by atoms with Gasteiger partial charge in [-0.2, -0.15) is 9.40 Å². The number of likely N-dealkylation sites (N-methyl/N-ethyl adjacent to an activating group) is 1. The van der Waals surface area contributed by atoms with Gasteiger partial charge in [-0.25, -0.2) is 17.2 Å². The van der Waals surface area contributed by atoms with Crippen molar-refractivity contribution in [1.82, 2.24) is 19.4 Å². The minimum Gasteiger partial charge on any atom is -0.467 e. The van der Waals surface area contributed by atoms with E-state index in [1.165, 1.54) is 0 Å². The van der Waals surface area contributed by atoms with Crippen LogP contribution in [-0.4, -0.2) is 67.0 Å². The Morgan fingerprint density at radius 1 is 1.07 bits per heavy atom. The number of amides is 1. The number of hydrogen-bond acceptors (Lipinski definition) is 8. The number of rotatable bonds is 8. The molecule has 0 bridgehead atoms. The van der Waals surface area contributed by atoms with E-state index in [-0.39, 0.29) is 12.4 Å². The topological polar surface area (TPSA) is 127 Å². The quantitative estimate of drug-likeness (QED) is 0.264. The van der Waals surface area contributed by atoms with Crippen LogP contribution in [0.5, 0.6) is 0 Å². The smallest absolute Gasteiger partial charge is 0.258 e. The first-order valence-corrected chi connectivity index (χ1v) is 15.6. The predicted octanol–water partition coefficient (Wildman–Crippen LogP) is 4.34. The molecule has 11 nitrogen and oxygen atoms in total. The lowest BCUT2D eigenvalue weighted by molar-refractivity contribution is 0.102. The highest BCUT2D eigenvalue weighted by Gasteiger charge is 2.48. The molecule has 4 aromatic rings. The fraction of sp³-hybridized carbons (Fsp3) is 0.333. The summed E-state index contributed by atoms with van der Waals surface area (Å²) in [5, 5.41) is 13.3. The molecule has 0 unspecified atom stereocenters. The number of fused-ring (bicyclic) bond motifs is 1. The normalized spacial score (nSPS) is 17.1. The molecule has 6 rings (SSSR count). The molecule has 0 aliphatic carbocycles. The Morgan fingerprint density at radius 3 is 2.48 bits per heavy atom. The molecule has 1 saturated heterocycles. The van der Waals surface area contributed by atoms with Crippen LogP contribution < -0.4 is 15.5 Å². The fourth-order valence-corrected chi connectivity index (χ4v) is 7.46. The molecular formula is C30H33F2N7O4S. The second-order valence-electron chi connectivity index (χ2n) is 11.5. The van der Waals surface area contributed by atoms with Crippen molar-refractivity contribution in [3.63, 3.8) is 0 Å². The van der Waals surface area contributed by atoms with Gasteiger partial charge in [-0.05, 0) is 63.4 Å². The Balaban J connectivity index is 1.27. The molecule has 3 N–H and O–H groups in total. The molecule has 1 amide bonds. The SMILES string of the molecule is CN1CCN(c2ccc(C(=O)Nc3n[nH]c4c3CN(S(=O)(=O)c3cc(F)cc(F)c3)C4(C)C)c(NCc3ccco3)c2)CC1. The highest BCUT2D eigenvalue weighted by Crippen LogP contribution is 2.44. The number of carbonyl (C=O) groups excluding carboxylic acids is 1. The summed E-state index contributed by atoms with van der Waals surface area (Å²) in [4.78, 5) is 17.7. The van der Waals surface area contributed by atoms with Crippen LogP contribution in [0.25, 0.3) is 0 Å². The van der Waals surface area contributed by atoms with Crippen molar-refractivity contribution in [1.29, 1.82) is 0 Å². The fourth-order valence-electron chi connectivity index (χ4n) is 5.69. The number of carbonyl (C=O) groups is 1. The van der Waals surface area contributed by atoms with Gasteiger partial charge in [0, 0.05) is 55.7 Å². The lowest BCUT2D eigenvalue weighted by Gasteiger charge is -2.34. The third kappa shape index (κ3) is 5.55. The average molecular weight is 626 g/mol. The molecule has 232 valence electrons. The van der Waals surface area contributed by atoms with Crippen LogP contribution in [0.1, 0.15) is 41.2 Å². The number of piperazine rings is 1. The first kappa shape index (κ1) is 29.8. The van der Waals surface area contributed by atoms with Gasteiger partial charge in [0.15, 0.2) is 5.82 Å². The summed E-state index contributed by atoms with van der Waals surface area (Å²) in [5.74, 6) is -1.57. The molecule has 2 aliphatic rings. The summed E-state index contributed by atoms with van der Waals surface area (Å²) in [6, 6.07) is 11.4. The van der Waals surface area contributed by atoms with Gasteiger partial charge >= 0.3 is 0 Å². The maximum absolute atomic E-state index is 13.9. The standard InChI is InChI=1S/C30H33F2N7O4S/c1-30(2)27-25(18-39(30)44(41,42)23-14-19(31)13-20(32)15-23)28(36-35-27)34-29(40)24-7-6-21(38-10-8-37(3)9-11-38)16-26(24)33-17-22-5-4-12-43-22/h4-7,12-16,33H,8-11,17-18H2,1-3H3,(H2,34,35,36,40). The molecule has 0 atom stereocenters. The molecule has 0 saturated carbocycles. The van der Waals surface area contributed by atoms with Crippen molar-refractivity contribution >= 4 is 33.1 Å². The summed E-state index contributed by atoms with van der Waals surface area (Å²) < 4.78 is 61.5. The summed E-state index contributed by atoms with van der Waals surface area (Å²) in [5.41, 5.74) is 1.72. The van der Waals surface area contributed by atoms with Gasteiger partial charge in [0.05, 0.1) is 34.5 Å². The zero-order valence-electron chi connectivity index (χ0n) is 24.5. The summed E-state index contributed by atoms with van der Waals surface area (Å²) >= 11 is 0. The van der Waals surface area contributed by atoms with Gasteiger partial charge in [0.25, 0.3) is 5.91 Å². The van der Waals surface area contributed by atoms with Crippen molar-refractivity contribution < 1.29 is 26.4 Å². The van der Waals surface area contributed by atoms with Crippen LogP contribution in [-0.2, 0) is 28.7 Å². The van der Waals surface area contributed by atoms with Gasteiger partial charge in [-0.15, -0.1) is 0 Å². The van der Waals surface area contributed by atoms with E-state index in [1.54, 1.807) is 32.2 Å². The number of nitrogens with zero attached hydrogens (tertiary/aromatic N) is 4. The summed E-state index contributed by atoms with van der Waals surface area (Å²) in [6.07, 6.45) is 1.58. The minimum atomic E-state index is -4.31.